The third-order valence-corrected chi connectivity index (χ3v) is 4.45. The summed E-state index contributed by atoms with van der Waals surface area (Å²) < 4.78 is 37.0. The average molecular weight is 412 g/mol. The molecule has 4 heterocycles. The number of hydrogen-bond acceptors (Lipinski definition) is 7. The second-order valence-corrected chi connectivity index (χ2v) is 6.73. The Bertz CT molecular complexity index is 1340. The van der Waals surface area contributed by atoms with E-state index in [4.69, 9.17) is 0 Å². The van der Waals surface area contributed by atoms with Crippen LogP contribution in [-0.4, -0.2) is 31.0 Å². The predicted molar refractivity (Wildman–Crippen MR) is 103 cm³/mol. The van der Waals surface area contributed by atoms with E-state index in [0.717, 1.165) is 5.69 Å². The molecular formula is C19H14F2N6O3. The van der Waals surface area contributed by atoms with Gasteiger partial charge in [0.05, 0.1) is 16.6 Å². The highest BCUT2D eigenvalue weighted by Gasteiger charge is 2.43. The van der Waals surface area contributed by atoms with Gasteiger partial charge in [0, 0.05) is 30.1 Å². The fourth-order valence-corrected chi connectivity index (χ4v) is 3.29. The van der Waals surface area contributed by atoms with Crippen molar-refractivity contribution in [3.8, 4) is 17.2 Å². The van der Waals surface area contributed by atoms with Crippen molar-refractivity contribution in [2.45, 2.75) is 20.1 Å². The summed E-state index contributed by atoms with van der Waals surface area (Å²) in [6.07, 6.45) is -2.29. The van der Waals surface area contributed by atoms with Crippen LogP contribution in [0.15, 0.2) is 41.3 Å². The Kier molecular flexibility index (Phi) is 3.75. The van der Waals surface area contributed by atoms with Crippen molar-refractivity contribution >= 4 is 22.5 Å². The summed E-state index contributed by atoms with van der Waals surface area (Å²) in [6, 6.07) is 7.66. The first-order valence-corrected chi connectivity index (χ1v) is 8.88. The van der Waals surface area contributed by atoms with Crippen molar-refractivity contribution in [1.29, 1.82) is 0 Å². The Morgan fingerprint density at radius 3 is 2.67 bits per heavy atom. The van der Waals surface area contributed by atoms with Gasteiger partial charge in [0.2, 0.25) is 0 Å². The van der Waals surface area contributed by atoms with Gasteiger partial charge in [-0.25, -0.2) is 15.0 Å². The van der Waals surface area contributed by atoms with Gasteiger partial charge in [-0.1, -0.05) is 0 Å². The molecule has 2 N–H and O–H groups in total. The van der Waals surface area contributed by atoms with Gasteiger partial charge in [-0.3, -0.25) is 14.6 Å². The maximum Gasteiger partial charge on any atom is 0.586 e. The molecule has 11 heteroatoms. The highest BCUT2D eigenvalue weighted by atomic mass is 19.3. The number of rotatable bonds is 3. The molecule has 5 rings (SSSR count). The number of aromatic amines is 1. The van der Waals surface area contributed by atoms with Crippen LogP contribution in [0.4, 0.5) is 20.4 Å². The zero-order valence-corrected chi connectivity index (χ0v) is 15.7. The van der Waals surface area contributed by atoms with E-state index in [9.17, 15) is 13.6 Å². The number of benzene rings is 1. The Hall–Kier alpha value is -4.02. The van der Waals surface area contributed by atoms with Gasteiger partial charge < -0.3 is 14.8 Å². The number of aryl methyl sites for hydroxylation is 2. The van der Waals surface area contributed by atoms with Crippen LogP contribution >= 0.6 is 0 Å². The Labute approximate surface area is 167 Å². The van der Waals surface area contributed by atoms with Crippen LogP contribution in [0.25, 0.3) is 16.6 Å². The Morgan fingerprint density at radius 2 is 1.87 bits per heavy atom. The van der Waals surface area contributed by atoms with Crippen LogP contribution in [0.3, 0.4) is 0 Å². The molecule has 0 atom stereocenters. The average Bonchev–Trinajstić information content (AvgIpc) is 3.15. The molecule has 0 spiro atoms. The topological polar surface area (TPSA) is 107 Å². The lowest BCUT2D eigenvalue weighted by Crippen LogP contribution is -2.25. The first kappa shape index (κ1) is 18.0. The molecule has 0 unspecified atom stereocenters. The summed E-state index contributed by atoms with van der Waals surface area (Å²) >= 11 is 0. The number of halogens is 2. The van der Waals surface area contributed by atoms with Crippen molar-refractivity contribution in [3.63, 3.8) is 0 Å². The zero-order chi connectivity index (χ0) is 21.0. The molecule has 1 aliphatic rings. The predicted octanol–water partition coefficient (Wildman–Crippen LogP) is 3.19. The van der Waals surface area contributed by atoms with E-state index in [-0.39, 0.29) is 17.1 Å². The van der Waals surface area contributed by atoms with Crippen LogP contribution in [-0.2, 0) is 0 Å². The minimum atomic E-state index is -3.72. The summed E-state index contributed by atoms with van der Waals surface area (Å²) in [5, 5.41) is 6.09. The van der Waals surface area contributed by atoms with Gasteiger partial charge in [0.1, 0.15) is 17.5 Å². The molecular weight excluding hydrogens is 398 g/mol. The van der Waals surface area contributed by atoms with Crippen LogP contribution in [0.5, 0.6) is 11.5 Å². The molecule has 9 nitrogen and oxygen atoms in total. The lowest BCUT2D eigenvalue weighted by molar-refractivity contribution is -0.286. The molecule has 0 amide bonds. The number of alkyl halides is 2. The van der Waals surface area contributed by atoms with E-state index in [1.54, 1.807) is 19.1 Å². The summed E-state index contributed by atoms with van der Waals surface area (Å²) in [6.45, 7) is 3.63. The summed E-state index contributed by atoms with van der Waals surface area (Å²) in [5.74, 6) is 1.40. The lowest BCUT2D eigenvalue weighted by atomic mass is 10.2. The summed E-state index contributed by atoms with van der Waals surface area (Å²) in [7, 11) is 0. The molecule has 0 fully saturated rings. The Morgan fingerprint density at radius 1 is 1.07 bits per heavy atom. The molecule has 0 saturated carbocycles. The SMILES string of the molecule is Cc1cc(Nc2cc3c(cn2)c(=O)[nH]n3-c2ccc3c(c2)OC(F)(F)O3)nc(C)n1. The van der Waals surface area contributed by atoms with E-state index >= 15 is 0 Å². The first-order chi connectivity index (χ1) is 14.3. The second-order valence-electron chi connectivity index (χ2n) is 6.73. The number of nitrogens with zero attached hydrogens (tertiary/aromatic N) is 4. The minimum Gasteiger partial charge on any atom is -0.395 e. The number of fused-ring (bicyclic) bond motifs is 2. The number of pyridine rings is 1. The highest BCUT2D eigenvalue weighted by Crippen LogP contribution is 2.42. The fraction of sp³-hybridized carbons (Fsp3) is 0.158. The van der Waals surface area contributed by atoms with Crippen molar-refractivity contribution in [3.05, 3.63) is 58.4 Å². The molecule has 0 bridgehead atoms. The number of hydrogen-bond donors (Lipinski definition) is 2. The molecule has 1 aromatic carbocycles. The maximum absolute atomic E-state index is 13.3. The van der Waals surface area contributed by atoms with Crippen LogP contribution in [0.1, 0.15) is 11.5 Å². The molecule has 4 aromatic rings. The van der Waals surface area contributed by atoms with Crippen molar-refractivity contribution in [2.75, 3.05) is 5.32 Å². The summed E-state index contributed by atoms with van der Waals surface area (Å²) in [5.41, 5.74) is 1.32. The van der Waals surface area contributed by atoms with Crippen molar-refractivity contribution < 1.29 is 18.3 Å². The number of aromatic nitrogens is 5. The summed E-state index contributed by atoms with van der Waals surface area (Å²) in [4.78, 5) is 25.1. The molecule has 0 radical (unpaired) electrons. The molecule has 0 aliphatic carbocycles. The molecule has 0 saturated heterocycles. The van der Waals surface area contributed by atoms with Crippen molar-refractivity contribution in [1.82, 2.24) is 24.7 Å². The number of ether oxygens (including phenoxy) is 2. The van der Waals surface area contributed by atoms with Gasteiger partial charge in [-0.15, -0.1) is 8.78 Å². The highest BCUT2D eigenvalue weighted by molar-refractivity contribution is 5.82. The third-order valence-electron chi connectivity index (χ3n) is 4.45. The quantitative estimate of drug-likeness (QED) is 0.532. The fourth-order valence-electron chi connectivity index (χ4n) is 3.29. The van der Waals surface area contributed by atoms with Gasteiger partial charge in [-0.05, 0) is 26.0 Å². The van der Waals surface area contributed by atoms with E-state index < -0.39 is 6.29 Å². The monoisotopic (exact) mass is 412 g/mol. The number of H-pyrrole nitrogens is 1. The van der Waals surface area contributed by atoms with Crippen molar-refractivity contribution in [2.24, 2.45) is 0 Å². The minimum absolute atomic E-state index is 0.0823. The van der Waals surface area contributed by atoms with Crippen LogP contribution < -0.4 is 20.3 Å². The van der Waals surface area contributed by atoms with E-state index in [1.165, 1.54) is 29.1 Å². The van der Waals surface area contributed by atoms with E-state index in [2.05, 4.69) is 34.8 Å². The Balaban J connectivity index is 1.57. The third kappa shape index (κ3) is 3.09. The number of anilines is 2. The van der Waals surface area contributed by atoms with E-state index in [0.29, 0.717) is 34.1 Å². The van der Waals surface area contributed by atoms with Crippen LogP contribution in [0.2, 0.25) is 0 Å². The van der Waals surface area contributed by atoms with E-state index in [1.807, 2.05) is 6.92 Å². The molecule has 152 valence electrons. The largest absolute Gasteiger partial charge is 0.586 e. The van der Waals surface area contributed by atoms with Gasteiger partial charge in [0.15, 0.2) is 11.5 Å². The van der Waals surface area contributed by atoms with Crippen LogP contribution in [0, 0.1) is 13.8 Å². The molecule has 30 heavy (non-hydrogen) atoms. The van der Waals surface area contributed by atoms with Gasteiger partial charge >= 0.3 is 6.29 Å². The normalized spacial score (nSPS) is 14.3. The molecule has 1 aliphatic heterocycles. The maximum atomic E-state index is 13.3. The molecule has 3 aromatic heterocycles. The van der Waals surface area contributed by atoms with Gasteiger partial charge in [-0.2, -0.15) is 0 Å². The first-order valence-electron chi connectivity index (χ1n) is 8.88. The lowest BCUT2D eigenvalue weighted by Gasteiger charge is -2.08. The van der Waals surface area contributed by atoms with Gasteiger partial charge in [0.25, 0.3) is 5.56 Å². The second kappa shape index (κ2) is 6.24. The number of nitrogens with one attached hydrogen (secondary N) is 2. The standard InChI is InChI=1S/C19H14F2N6O3/c1-9-5-17(24-10(2)23-9)25-16-7-13-12(8-22-16)18(28)26-27(13)11-3-4-14-15(6-11)30-19(20,21)29-14/h3-8H,1-2H3,(H,26,28)(H,22,23,24,25). The zero-order valence-electron chi connectivity index (χ0n) is 15.7. The smallest absolute Gasteiger partial charge is 0.395 e.